The number of hydrazine groups is 1. The first-order chi connectivity index (χ1) is 14.1. The topological polar surface area (TPSA) is 92.4 Å². The summed E-state index contributed by atoms with van der Waals surface area (Å²) in [5, 5.41) is 5.78. The van der Waals surface area contributed by atoms with Gasteiger partial charge in [-0.15, -0.1) is 11.3 Å². The lowest BCUT2D eigenvalue weighted by molar-refractivity contribution is -0.127. The first-order valence-corrected chi connectivity index (χ1v) is 9.94. The van der Waals surface area contributed by atoms with Crippen LogP contribution in [0.15, 0.2) is 60.0 Å². The number of aromatic nitrogens is 1. The smallest absolute Gasteiger partial charge is 0.257 e. The van der Waals surface area contributed by atoms with Crippen LogP contribution in [0, 0.1) is 0 Å². The second-order valence-corrected chi connectivity index (χ2v) is 7.16. The van der Waals surface area contributed by atoms with Crippen molar-refractivity contribution < 1.29 is 14.3 Å². The van der Waals surface area contributed by atoms with Crippen LogP contribution >= 0.6 is 11.3 Å². The number of ether oxygens (including phenoxy) is 1. The molecule has 0 atom stereocenters. The van der Waals surface area contributed by atoms with E-state index >= 15 is 0 Å². The van der Waals surface area contributed by atoms with Gasteiger partial charge in [-0.1, -0.05) is 42.5 Å². The molecule has 3 aromatic rings. The van der Waals surface area contributed by atoms with Crippen LogP contribution in [0.3, 0.4) is 0 Å². The molecule has 3 rings (SSSR count). The highest BCUT2D eigenvalue weighted by molar-refractivity contribution is 7.09. The molecule has 0 saturated heterocycles. The highest BCUT2D eigenvalue weighted by atomic mass is 32.1. The first-order valence-electron chi connectivity index (χ1n) is 9.06. The van der Waals surface area contributed by atoms with Gasteiger partial charge in [-0.3, -0.25) is 20.4 Å². The van der Waals surface area contributed by atoms with Crippen LogP contribution in [0.4, 0.5) is 5.69 Å². The van der Waals surface area contributed by atoms with Gasteiger partial charge in [-0.05, 0) is 17.7 Å². The fraction of sp³-hybridized carbons (Fsp3) is 0.190. The Morgan fingerprint density at radius 1 is 1.00 bits per heavy atom. The van der Waals surface area contributed by atoms with E-state index in [2.05, 4.69) is 21.2 Å². The van der Waals surface area contributed by atoms with Gasteiger partial charge < -0.3 is 10.1 Å². The van der Waals surface area contributed by atoms with Crippen LogP contribution < -0.4 is 20.9 Å². The summed E-state index contributed by atoms with van der Waals surface area (Å²) in [5.74, 6) is -0.0568. The van der Waals surface area contributed by atoms with E-state index < -0.39 is 0 Å². The summed E-state index contributed by atoms with van der Waals surface area (Å²) in [6.45, 7) is -0.00141. The van der Waals surface area contributed by atoms with Crippen molar-refractivity contribution in [3.8, 4) is 5.75 Å². The zero-order valence-electron chi connectivity index (χ0n) is 16.0. The second kappa shape index (κ2) is 10.2. The van der Waals surface area contributed by atoms with E-state index in [1.165, 1.54) is 16.9 Å². The lowest BCUT2D eigenvalue weighted by atomic mass is 10.2. The number of hydrogen-bond acceptors (Lipinski definition) is 6. The van der Waals surface area contributed by atoms with Gasteiger partial charge in [0, 0.05) is 11.8 Å². The number of carbonyl (C=O) groups is 2. The average Bonchev–Trinajstić information content (AvgIpc) is 3.18. The van der Waals surface area contributed by atoms with Crippen LogP contribution in [0.1, 0.15) is 16.3 Å². The summed E-state index contributed by atoms with van der Waals surface area (Å²) < 4.78 is 5.21. The zero-order chi connectivity index (χ0) is 20.5. The predicted octanol–water partition coefficient (Wildman–Crippen LogP) is 2.54. The van der Waals surface area contributed by atoms with E-state index in [0.717, 1.165) is 11.4 Å². The third-order valence-corrected chi connectivity index (χ3v) is 4.92. The maximum Gasteiger partial charge on any atom is 0.257 e. The quantitative estimate of drug-likeness (QED) is 0.497. The maximum atomic E-state index is 12.1. The predicted molar refractivity (Wildman–Crippen MR) is 113 cm³/mol. The molecule has 0 bridgehead atoms. The Hall–Kier alpha value is -3.39. The molecule has 0 aliphatic heterocycles. The molecule has 2 amide bonds. The molecule has 0 radical (unpaired) electrons. The Morgan fingerprint density at radius 2 is 1.72 bits per heavy atom. The van der Waals surface area contributed by atoms with Crippen molar-refractivity contribution in [3.05, 3.63) is 76.2 Å². The standard InChI is InChI=1S/C21H22N4O3S/c1-28-18-10-6-5-9-17(18)22-13-20(27)25-24-19(26)12-16-14-29-21(23-16)11-15-7-3-2-4-8-15/h2-10,14,22H,11-13H2,1H3,(H,24,26)(H,25,27). The number of thiazole rings is 1. The maximum absolute atomic E-state index is 12.1. The second-order valence-electron chi connectivity index (χ2n) is 6.22. The number of para-hydroxylation sites is 2. The average molecular weight is 410 g/mol. The molecule has 150 valence electrons. The van der Waals surface area contributed by atoms with Gasteiger partial charge in [0.05, 0.1) is 36.5 Å². The summed E-state index contributed by atoms with van der Waals surface area (Å²) in [7, 11) is 1.56. The van der Waals surface area contributed by atoms with Crippen LogP contribution in [-0.4, -0.2) is 30.5 Å². The van der Waals surface area contributed by atoms with Crippen molar-refractivity contribution in [2.75, 3.05) is 19.0 Å². The van der Waals surface area contributed by atoms with E-state index in [-0.39, 0.29) is 24.8 Å². The third-order valence-electron chi connectivity index (χ3n) is 4.03. The number of benzene rings is 2. The highest BCUT2D eigenvalue weighted by Gasteiger charge is 2.10. The molecular formula is C21H22N4O3S. The first kappa shape index (κ1) is 20.3. The van der Waals surface area contributed by atoms with Crippen LogP contribution in [-0.2, 0) is 22.4 Å². The molecule has 8 heteroatoms. The molecule has 0 aliphatic rings. The Labute approximate surface area is 173 Å². The van der Waals surface area contributed by atoms with Gasteiger partial charge >= 0.3 is 0 Å². The summed E-state index contributed by atoms with van der Waals surface area (Å²) in [6, 6.07) is 17.3. The molecule has 0 aliphatic carbocycles. The van der Waals surface area contributed by atoms with Gasteiger partial charge in [0.1, 0.15) is 5.75 Å². The largest absolute Gasteiger partial charge is 0.495 e. The number of methoxy groups -OCH3 is 1. The van der Waals surface area contributed by atoms with E-state index in [1.807, 2.05) is 47.8 Å². The minimum atomic E-state index is -0.368. The Kier molecular flexibility index (Phi) is 7.18. The summed E-state index contributed by atoms with van der Waals surface area (Å²) in [6.07, 6.45) is 0.837. The van der Waals surface area contributed by atoms with Gasteiger partial charge in [0.25, 0.3) is 5.91 Å². The number of amides is 2. The van der Waals surface area contributed by atoms with Crippen molar-refractivity contribution in [1.29, 1.82) is 0 Å². The molecule has 0 spiro atoms. The van der Waals surface area contributed by atoms with Crippen molar-refractivity contribution in [3.63, 3.8) is 0 Å². The SMILES string of the molecule is COc1ccccc1NCC(=O)NNC(=O)Cc1csc(Cc2ccccc2)n1. The van der Waals surface area contributed by atoms with Crippen molar-refractivity contribution in [2.24, 2.45) is 0 Å². The van der Waals surface area contributed by atoms with Crippen LogP contribution in [0.2, 0.25) is 0 Å². The molecule has 0 saturated carbocycles. The third kappa shape index (κ3) is 6.32. The number of anilines is 1. The molecule has 29 heavy (non-hydrogen) atoms. The van der Waals surface area contributed by atoms with E-state index in [9.17, 15) is 9.59 Å². The fourth-order valence-corrected chi connectivity index (χ4v) is 3.47. The summed E-state index contributed by atoms with van der Waals surface area (Å²) >= 11 is 1.52. The minimum Gasteiger partial charge on any atom is -0.495 e. The summed E-state index contributed by atoms with van der Waals surface area (Å²) in [4.78, 5) is 28.5. The van der Waals surface area contributed by atoms with Gasteiger partial charge in [0.2, 0.25) is 5.91 Å². The van der Waals surface area contributed by atoms with E-state index in [1.54, 1.807) is 19.2 Å². The Morgan fingerprint density at radius 3 is 2.52 bits per heavy atom. The fourth-order valence-electron chi connectivity index (χ4n) is 2.64. The van der Waals surface area contributed by atoms with Crippen molar-refractivity contribution in [2.45, 2.75) is 12.8 Å². The van der Waals surface area contributed by atoms with Crippen LogP contribution in [0.25, 0.3) is 0 Å². The zero-order valence-corrected chi connectivity index (χ0v) is 16.8. The molecule has 0 unspecified atom stereocenters. The summed E-state index contributed by atoms with van der Waals surface area (Å²) in [5.41, 5.74) is 7.35. The lowest BCUT2D eigenvalue weighted by Crippen LogP contribution is -2.44. The Balaban J connectivity index is 1.41. The molecule has 1 aromatic heterocycles. The van der Waals surface area contributed by atoms with Gasteiger partial charge in [0.15, 0.2) is 0 Å². The molecular weight excluding hydrogens is 388 g/mol. The number of rotatable bonds is 8. The van der Waals surface area contributed by atoms with E-state index in [0.29, 0.717) is 17.1 Å². The van der Waals surface area contributed by atoms with Gasteiger partial charge in [-0.25, -0.2) is 4.98 Å². The normalized spacial score (nSPS) is 10.2. The monoisotopic (exact) mass is 410 g/mol. The number of nitrogens with one attached hydrogen (secondary N) is 3. The number of hydrogen-bond donors (Lipinski definition) is 3. The van der Waals surface area contributed by atoms with E-state index in [4.69, 9.17) is 4.74 Å². The molecule has 1 heterocycles. The number of carbonyl (C=O) groups excluding carboxylic acids is 2. The minimum absolute atomic E-state index is 0.00141. The molecule has 3 N–H and O–H groups in total. The lowest BCUT2D eigenvalue weighted by Gasteiger charge is -2.11. The van der Waals surface area contributed by atoms with Crippen LogP contribution in [0.5, 0.6) is 5.75 Å². The molecule has 7 nitrogen and oxygen atoms in total. The highest BCUT2D eigenvalue weighted by Crippen LogP contribution is 2.22. The van der Waals surface area contributed by atoms with Crippen molar-refractivity contribution >= 4 is 28.8 Å². The molecule has 2 aromatic carbocycles. The van der Waals surface area contributed by atoms with Gasteiger partial charge in [-0.2, -0.15) is 0 Å². The Bertz CT molecular complexity index is 959. The van der Waals surface area contributed by atoms with Crippen molar-refractivity contribution in [1.82, 2.24) is 15.8 Å². The molecule has 0 fully saturated rings. The number of nitrogens with zero attached hydrogens (tertiary/aromatic N) is 1.